The van der Waals surface area contributed by atoms with E-state index >= 15 is 0 Å². The average molecular weight is 250 g/mol. The number of hydrogen-bond donors (Lipinski definition) is 4. The van der Waals surface area contributed by atoms with Crippen molar-refractivity contribution in [3.05, 3.63) is 18.2 Å². The Labute approximate surface area is 93.6 Å². The molecule has 0 saturated carbocycles. The highest BCUT2D eigenvalue weighted by Gasteiger charge is 1.97. The summed E-state index contributed by atoms with van der Waals surface area (Å²) < 4.78 is 36.8. The van der Waals surface area contributed by atoms with Gasteiger partial charge < -0.3 is 16.2 Å². The number of ether oxygens (including phenoxy) is 1. The summed E-state index contributed by atoms with van der Waals surface area (Å²) in [6.45, 7) is 2.53. The van der Waals surface area contributed by atoms with Crippen LogP contribution in [0.15, 0.2) is 18.2 Å². The Hall–Kier alpha value is -1.51. The second-order valence-corrected chi connectivity index (χ2v) is 3.57. The number of rotatable bonds is 2. The van der Waals surface area contributed by atoms with Gasteiger partial charge in [-0.2, -0.15) is 8.42 Å². The Balaban J connectivity index is 0.000000385. The zero-order chi connectivity index (χ0) is 12.8. The van der Waals surface area contributed by atoms with E-state index in [1.807, 2.05) is 6.92 Å². The van der Waals surface area contributed by atoms with Gasteiger partial charge in [0.15, 0.2) is 0 Å². The maximum atomic E-state index is 8.74. The van der Waals surface area contributed by atoms with Gasteiger partial charge in [-0.3, -0.25) is 9.11 Å². The number of nitrogen functional groups attached to an aromatic ring is 2. The first kappa shape index (κ1) is 14.5. The molecule has 0 heterocycles. The van der Waals surface area contributed by atoms with Crippen LogP contribution in [0.4, 0.5) is 11.4 Å². The van der Waals surface area contributed by atoms with Gasteiger partial charge in [0.05, 0.1) is 12.3 Å². The molecule has 16 heavy (non-hydrogen) atoms. The van der Waals surface area contributed by atoms with Gasteiger partial charge in [-0.25, -0.2) is 0 Å². The lowest BCUT2D eigenvalue weighted by atomic mass is 10.2. The molecular formula is C8H14N2O5S. The van der Waals surface area contributed by atoms with Crippen molar-refractivity contribution in [2.24, 2.45) is 0 Å². The van der Waals surface area contributed by atoms with Crippen LogP contribution in [0.3, 0.4) is 0 Å². The Kier molecular flexibility index (Phi) is 5.57. The molecule has 0 unspecified atom stereocenters. The molecule has 0 aliphatic rings. The molecule has 0 aliphatic carbocycles. The molecule has 0 aromatic heterocycles. The van der Waals surface area contributed by atoms with E-state index in [9.17, 15) is 0 Å². The van der Waals surface area contributed by atoms with Gasteiger partial charge in [-0.1, -0.05) is 0 Å². The summed E-state index contributed by atoms with van der Waals surface area (Å²) in [5.74, 6) is 0.696. The molecule has 1 aromatic rings. The molecule has 92 valence electrons. The van der Waals surface area contributed by atoms with Crippen molar-refractivity contribution < 1.29 is 22.3 Å². The number of nitrogens with two attached hydrogens (primary N) is 2. The molecule has 0 amide bonds. The van der Waals surface area contributed by atoms with Crippen molar-refractivity contribution in [2.75, 3.05) is 18.1 Å². The topological polar surface area (TPSA) is 136 Å². The van der Waals surface area contributed by atoms with Crippen LogP contribution in [0.25, 0.3) is 0 Å². The summed E-state index contributed by atoms with van der Waals surface area (Å²) in [7, 11) is -4.67. The third kappa shape index (κ3) is 7.85. The molecule has 7 nitrogen and oxygen atoms in total. The fraction of sp³-hybridized carbons (Fsp3) is 0.250. The third-order valence-electron chi connectivity index (χ3n) is 1.33. The normalized spacial score (nSPS) is 10.2. The zero-order valence-corrected chi connectivity index (χ0v) is 9.44. The quantitative estimate of drug-likeness (QED) is 0.445. The van der Waals surface area contributed by atoms with Gasteiger partial charge >= 0.3 is 10.4 Å². The van der Waals surface area contributed by atoms with Crippen LogP contribution in [0.1, 0.15) is 6.92 Å². The zero-order valence-electron chi connectivity index (χ0n) is 8.62. The van der Waals surface area contributed by atoms with Crippen LogP contribution in [-0.4, -0.2) is 24.1 Å². The van der Waals surface area contributed by atoms with Crippen molar-refractivity contribution in [3.63, 3.8) is 0 Å². The number of anilines is 2. The SMILES string of the molecule is CCOc1ccc(N)cc1N.O=S(=O)(O)O. The summed E-state index contributed by atoms with van der Waals surface area (Å²) in [6, 6.07) is 5.22. The summed E-state index contributed by atoms with van der Waals surface area (Å²) in [4.78, 5) is 0. The maximum Gasteiger partial charge on any atom is 0.394 e. The average Bonchev–Trinajstić information content (AvgIpc) is 2.07. The van der Waals surface area contributed by atoms with Gasteiger partial charge in [0.25, 0.3) is 0 Å². The largest absolute Gasteiger partial charge is 0.492 e. The smallest absolute Gasteiger partial charge is 0.394 e. The first-order valence-electron chi connectivity index (χ1n) is 4.21. The Morgan fingerprint density at radius 2 is 1.81 bits per heavy atom. The van der Waals surface area contributed by atoms with Gasteiger partial charge in [0.2, 0.25) is 0 Å². The van der Waals surface area contributed by atoms with Gasteiger partial charge in [-0.15, -0.1) is 0 Å². The predicted octanol–water partition coefficient (Wildman–Crippen LogP) is 0.597. The molecule has 1 rings (SSSR count). The minimum absolute atomic E-state index is 0.590. The summed E-state index contributed by atoms with van der Waals surface area (Å²) in [6.07, 6.45) is 0. The third-order valence-corrected chi connectivity index (χ3v) is 1.33. The second-order valence-electron chi connectivity index (χ2n) is 2.68. The first-order chi connectivity index (χ1) is 7.24. The van der Waals surface area contributed by atoms with Crippen LogP contribution < -0.4 is 16.2 Å². The lowest BCUT2D eigenvalue weighted by molar-refractivity contribution is 0.342. The Morgan fingerprint density at radius 3 is 2.19 bits per heavy atom. The van der Waals surface area contributed by atoms with E-state index < -0.39 is 10.4 Å². The van der Waals surface area contributed by atoms with E-state index in [2.05, 4.69) is 0 Å². The number of benzene rings is 1. The monoisotopic (exact) mass is 250 g/mol. The predicted molar refractivity (Wildman–Crippen MR) is 60.6 cm³/mol. The van der Waals surface area contributed by atoms with Crippen LogP contribution in [0, 0.1) is 0 Å². The highest BCUT2D eigenvalue weighted by atomic mass is 32.3. The van der Waals surface area contributed by atoms with Crippen LogP contribution >= 0.6 is 0 Å². The van der Waals surface area contributed by atoms with E-state index in [1.165, 1.54) is 0 Å². The Bertz CT molecular complexity index is 424. The summed E-state index contributed by atoms with van der Waals surface area (Å²) in [5.41, 5.74) is 12.3. The lowest BCUT2D eigenvalue weighted by Gasteiger charge is -2.06. The molecule has 0 radical (unpaired) electrons. The van der Waals surface area contributed by atoms with Crippen molar-refractivity contribution in [2.45, 2.75) is 6.92 Å². The maximum absolute atomic E-state index is 8.74. The van der Waals surface area contributed by atoms with Crippen molar-refractivity contribution >= 4 is 21.8 Å². The minimum Gasteiger partial charge on any atom is -0.492 e. The molecule has 0 aliphatic heterocycles. The molecule has 8 heteroatoms. The molecule has 0 spiro atoms. The van der Waals surface area contributed by atoms with E-state index in [-0.39, 0.29) is 0 Å². The van der Waals surface area contributed by atoms with E-state index in [0.29, 0.717) is 23.7 Å². The van der Waals surface area contributed by atoms with E-state index in [1.54, 1.807) is 18.2 Å². The Morgan fingerprint density at radius 1 is 1.31 bits per heavy atom. The van der Waals surface area contributed by atoms with Crippen molar-refractivity contribution in [1.82, 2.24) is 0 Å². The van der Waals surface area contributed by atoms with Gasteiger partial charge in [0, 0.05) is 5.69 Å². The molecular weight excluding hydrogens is 236 g/mol. The molecule has 0 fully saturated rings. The van der Waals surface area contributed by atoms with Crippen LogP contribution in [-0.2, 0) is 10.4 Å². The standard InChI is InChI=1S/C8H12N2O.H2O4S/c1-2-11-8-4-3-6(9)5-7(8)10;1-5(2,3)4/h3-5H,2,9-10H2,1H3;(H2,1,2,3,4). The summed E-state index contributed by atoms with van der Waals surface area (Å²) in [5, 5.41) is 0. The van der Waals surface area contributed by atoms with Crippen molar-refractivity contribution in [3.8, 4) is 5.75 Å². The molecule has 6 N–H and O–H groups in total. The molecule has 0 atom stereocenters. The van der Waals surface area contributed by atoms with Gasteiger partial charge in [0.1, 0.15) is 5.75 Å². The number of hydrogen-bond acceptors (Lipinski definition) is 5. The fourth-order valence-electron chi connectivity index (χ4n) is 0.854. The molecule has 0 bridgehead atoms. The highest BCUT2D eigenvalue weighted by Crippen LogP contribution is 2.22. The highest BCUT2D eigenvalue weighted by molar-refractivity contribution is 7.79. The van der Waals surface area contributed by atoms with Gasteiger partial charge in [-0.05, 0) is 25.1 Å². The van der Waals surface area contributed by atoms with E-state index in [4.69, 9.17) is 33.7 Å². The lowest BCUT2D eigenvalue weighted by Crippen LogP contribution is -1.97. The van der Waals surface area contributed by atoms with E-state index in [0.717, 1.165) is 0 Å². The fourth-order valence-corrected chi connectivity index (χ4v) is 0.854. The van der Waals surface area contributed by atoms with Crippen LogP contribution in [0.2, 0.25) is 0 Å². The summed E-state index contributed by atoms with van der Waals surface area (Å²) >= 11 is 0. The molecule has 0 saturated heterocycles. The molecule has 1 aromatic carbocycles. The first-order valence-corrected chi connectivity index (χ1v) is 5.61. The minimum atomic E-state index is -4.67. The van der Waals surface area contributed by atoms with Crippen LogP contribution in [0.5, 0.6) is 5.75 Å². The second kappa shape index (κ2) is 6.16. The van der Waals surface area contributed by atoms with Crippen molar-refractivity contribution in [1.29, 1.82) is 0 Å².